The van der Waals surface area contributed by atoms with Gasteiger partial charge in [-0.15, -0.1) is 0 Å². The first-order chi connectivity index (χ1) is 11.6. The third kappa shape index (κ3) is 3.83. The Morgan fingerprint density at radius 1 is 1.00 bits per heavy atom. The number of benzene rings is 2. The molecule has 0 fully saturated rings. The normalized spacial score (nSPS) is 11.5. The van der Waals surface area contributed by atoms with Gasteiger partial charge in [0, 0.05) is 13.7 Å². The lowest BCUT2D eigenvalue weighted by atomic mass is 9.86. The molecule has 128 valence electrons. The zero-order chi connectivity index (χ0) is 17.4. The van der Waals surface area contributed by atoms with Crippen LogP contribution >= 0.6 is 0 Å². The van der Waals surface area contributed by atoms with E-state index in [0.29, 0.717) is 13.2 Å². The molecular weight excluding hydrogens is 302 g/mol. The van der Waals surface area contributed by atoms with Gasteiger partial charge in [0.15, 0.2) is 0 Å². The summed E-state index contributed by atoms with van der Waals surface area (Å²) < 4.78 is 11.3. The monoisotopic (exact) mass is 327 g/mol. The van der Waals surface area contributed by atoms with E-state index in [1.165, 1.54) is 0 Å². The third-order valence-electron chi connectivity index (χ3n) is 4.20. The fourth-order valence-electron chi connectivity index (χ4n) is 2.62. The molecule has 0 N–H and O–H groups in total. The molecular formula is C20H25NO3. The maximum atomic E-state index is 13.0. The van der Waals surface area contributed by atoms with E-state index in [-0.39, 0.29) is 0 Å². The summed E-state index contributed by atoms with van der Waals surface area (Å²) in [6, 6.07) is 18.9. The highest BCUT2D eigenvalue weighted by molar-refractivity contribution is 5.85. The molecule has 0 atom stereocenters. The van der Waals surface area contributed by atoms with Gasteiger partial charge in [-0.25, -0.2) is 4.79 Å². The van der Waals surface area contributed by atoms with Crippen LogP contribution in [0.2, 0.25) is 0 Å². The van der Waals surface area contributed by atoms with E-state index >= 15 is 0 Å². The van der Waals surface area contributed by atoms with Gasteiger partial charge in [0.05, 0.1) is 0 Å². The van der Waals surface area contributed by atoms with Gasteiger partial charge in [-0.1, -0.05) is 67.6 Å². The number of nitrogens with zero attached hydrogens (tertiary/aromatic N) is 1. The topological polar surface area (TPSA) is 38.8 Å². The first-order valence-electron chi connectivity index (χ1n) is 8.17. The van der Waals surface area contributed by atoms with Crippen molar-refractivity contribution < 1.29 is 14.3 Å². The summed E-state index contributed by atoms with van der Waals surface area (Å²) in [5.74, 6) is -0.396. The highest BCUT2D eigenvalue weighted by atomic mass is 16.6. The zero-order valence-electron chi connectivity index (χ0n) is 14.6. The number of likely N-dealkylation sites (N-methyl/N-ethyl adjacent to an activating group) is 1. The number of ether oxygens (including phenoxy) is 2. The van der Waals surface area contributed by atoms with Crippen molar-refractivity contribution in [3.8, 4) is 0 Å². The van der Waals surface area contributed by atoms with Crippen molar-refractivity contribution in [2.45, 2.75) is 12.5 Å². The number of carbonyl (C=O) groups is 1. The average Bonchev–Trinajstić information content (AvgIpc) is 2.64. The second kappa shape index (κ2) is 8.62. The van der Waals surface area contributed by atoms with Crippen LogP contribution in [-0.4, -0.2) is 44.7 Å². The summed E-state index contributed by atoms with van der Waals surface area (Å²) in [5, 5.41) is 0. The summed E-state index contributed by atoms with van der Waals surface area (Å²) in [5.41, 5.74) is 0.257. The van der Waals surface area contributed by atoms with Crippen LogP contribution in [0.5, 0.6) is 0 Å². The molecule has 0 aliphatic carbocycles. The molecule has 0 amide bonds. The van der Waals surface area contributed by atoms with Gasteiger partial charge < -0.3 is 14.4 Å². The maximum Gasteiger partial charge on any atom is 0.347 e. The van der Waals surface area contributed by atoms with E-state index in [1.807, 2.05) is 67.7 Å². The molecule has 0 aliphatic rings. The van der Waals surface area contributed by atoms with Crippen molar-refractivity contribution in [1.29, 1.82) is 0 Å². The van der Waals surface area contributed by atoms with Crippen LogP contribution in [0, 0.1) is 0 Å². The largest absolute Gasteiger partial charge is 0.462 e. The van der Waals surface area contributed by atoms with Crippen molar-refractivity contribution in [3.05, 3.63) is 71.8 Å². The standard InChI is InChI=1S/C20H25NO3/c1-4-21(2)15-16-24-19(22)20(23-3,17-11-7-5-8-12-17)18-13-9-6-10-14-18/h5-14H,4,15-16H2,1-3H3. The van der Waals surface area contributed by atoms with Gasteiger partial charge in [0.25, 0.3) is 0 Å². The molecule has 0 bridgehead atoms. The van der Waals surface area contributed by atoms with Crippen LogP contribution in [0.1, 0.15) is 18.1 Å². The molecule has 0 saturated heterocycles. The summed E-state index contributed by atoms with van der Waals surface area (Å²) in [6.07, 6.45) is 0. The highest BCUT2D eigenvalue weighted by Crippen LogP contribution is 2.34. The maximum absolute atomic E-state index is 13.0. The zero-order valence-corrected chi connectivity index (χ0v) is 14.6. The summed E-state index contributed by atoms with van der Waals surface area (Å²) in [7, 11) is 3.53. The Morgan fingerprint density at radius 2 is 1.50 bits per heavy atom. The third-order valence-corrected chi connectivity index (χ3v) is 4.20. The average molecular weight is 327 g/mol. The highest BCUT2D eigenvalue weighted by Gasteiger charge is 2.44. The summed E-state index contributed by atoms with van der Waals surface area (Å²) in [6.45, 7) is 3.99. The molecule has 2 rings (SSSR count). The van der Waals surface area contributed by atoms with Crippen molar-refractivity contribution in [1.82, 2.24) is 4.90 Å². The predicted octanol–water partition coefficient (Wildman–Crippen LogP) is 3.07. The number of carbonyl (C=O) groups excluding carboxylic acids is 1. The quantitative estimate of drug-likeness (QED) is 0.699. The van der Waals surface area contributed by atoms with Gasteiger partial charge >= 0.3 is 5.97 Å². The van der Waals surface area contributed by atoms with Crippen molar-refractivity contribution in [2.24, 2.45) is 0 Å². The summed E-state index contributed by atoms with van der Waals surface area (Å²) >= 11 is 0. The van der Waals surface area contributed by atoms with Crippen LogP contribution in [0.4, 0.5) is 0 Å². The van der Waals surface area contributed by atoms with Gasteiger partial charge in [-0.05, 0) is 24.7 Å². The fraction of sp³-hybridized carbons (Fsp3) is 0.350. The van der Waals surface area contributed by atoms with Crippen molar-refractivity contribution in [3.63, 3.8) is 0 Å². The molecule has 2 aromatic rings. The molecule has 0 unspecified atom stereocenters. The minimum Gasteiger partial charge on any atom is -0.462 e. The molecule has 24 heavy (non-hydrogen) atoms. The lowest BCUT2D eigenvalue weighted by Crippen LogP contribution is -2.41. The molecule has 4 heteroatoms. The SMILES string of the molecule is CCN(C)CCOC(=O)C(OC)(c1ccccc1)c1ccccc1. The number of hydrogen-bond donors (Lipinski definition) is 0. The van der Waals surface area contributed by atoms with Crippen molar-refractivity contribution >= 4 is 5.97 Å². The van der Waals surface area contributed by atoms with E-state index in [4.69, 9.17) is 9.47 Å². The molecule has 0 saturated carbocycles. The van der Waals surface area contributed by atoms with E-state index < -0.39 is 11.6 Å². The Balaban J connectivity index is 2.34. The fourth-order valence-corrected chi connectivity index (χ4v) is 2.62. The molecule has 2 aromatic carbocycles. The van der Waals surface area contributed by atoms with Gasteiger partial charge in [-0.2, -0.15) is 0 Å². The Morgan fingerprint density at radius 3 is 1.92 bits per heavy atom. The van der Waals surface area contributed by atoms with Gasteiger partial charge in [0.2, 0.25) is 5.60 Å². The van der Waals surface area contributed by atoms with Crippen LogP contribution in [0.25, 0.3) is 0 Å². The number of esters is 1. The number of hydrogen-bond acceptors (Lipinski definition) is 4. The Kier molecular flexibility index (Phi) is 6.53. The lowest BCUT2D eigenvalue weighted by Gasteiger charge is -2.31. The number of methoxy groups -OCH3 is 1. The predicted molar refractivity (Wildman–Crippen MR) is 94.8 cm³/mol. The van der Waals surface area contributed by atoms with Crippen LogP contribution in [0.3, 0.4) is 0 Å². The van der Waals surface area contributed by atoms with Crippen LogP contribution in [-0.2, 0) is 19.9 Å². The summed E-state index contributed by atoms with van der Waals surface area (Å²) in [4.78, 5) is 15.1. The van der Waals surface area contributed by atoms with E-state index in [1.54, 1.807) is 7.11 Å². The first kappa shape index (κ1) is 18.2. The van der Waals surface area contributed by atoms with Crippen molar-refractivity contribution in [2.75, 3.05) is 33.9 Å². The van der Waals surface area contributed by atoms with E-state index in [2.05, 4.69) is 11.8 Å². The minimum atomic E-state index is -1.26. The molecule has 0 aromatic heterocycles. The molecule has 0 aliphatic heterocycles. The second-order valence-corrected chi connectivity index (χ2v) is 5.65. The Hall–Kier alpha value is -2.17. The van der Waals surface area contributed by atoms with Gasteiger partial charge in [0.1, 0.15) is 6.61 Å². The van der Waals surface area contributed by atoms with Crippen LogP contribution in [0.15, 0.2) is 60.7 Å². The molecule has 4 nitrogen and oxygen atoms in total. The molecule has 0 radical (unpaired) electrons. The molecule has 0 heterocycles. The lowest BCUT2D eigenvalue weighted by molar-refractivity contribution is -0.165. The molecule has 0 spiro atoms. The first-order valence-corrected chi connectivity index (χ1v) is 8.17. The van der Waals surface area contributed by atoms with Gasteiger partial charge in [-0.3, -0.25) is 0 Å². The Labute approximate surface area is 144 Å². The minimum absolute atomic E-state index is 0.327. The van der Waals surface area contributed by atoms with Crippen LogP contribution < -0.4 is 0 Å². The van der Waals surface area contributed by atoms with E-state index in [0.717, 1.165) is 17.7 Å². The Bertz CT molecular complexity index is 588. The number of rotatable bonds is 8. The smallest absolute Gasteiger partial charge is 0.347 e. The second-order valence-electron chi connectivity index (χ2n) is 5.65. The van der Waals surface area contributed by atoms with E-state index in [9.17, 15) is 4.79 Å².